The van der Waals surface area contributed by atoms with E-state index in [9.17, 15) is 4.39 Å². The van der Waals surface area contributed by atoms with Gasteiger partial charge in [-0.05, 0) is 32.1 Å². The minimum Gasteiger partial charge on any atom is -0.339 e. The van der Waals surface area contributed by atoms with Crippen LogP contribution in [0.1, 0.15) is 12.3 Å². The predicted octanol–water partition coefficient (Wildman–Crippen LogP) is 2.03. The lowest BCUT2D eigenvalue weighted by molar-refractivity contribution is 0.375. The van der Waals surface area contributed by atoms with Gasteiger partial charge < -0.3 is 9.84 Å². The van der Waals surface area contributed by atoms with Crippen molar-refractivity contribution in [1.29, 1.82) is 0 Å². The lowest BCUT2D eigenvalue weighted by Crippen LogP contribution is -2.08. The maximum atomic E-state index is 13.0. The van der Waals surface area contributed by atoms with Crippen LogP contribution < -0.4 is 5.32 Å². The lowest BCUT2D eigenvalue weighted by Gasteiger charge is -1.94. The van der Waals surface area contributed by atoms with E-state index in [-0.39, 0.29) is 5.82 Å². The molecule has 2 aromatic rings. The van der Waals surface area contributed by atoms with E-state index in [1.165, 1.54) is 12.1 Å². The Labute approximate surface area is 98.8 Å². The summed E-state index contributed by atoms with van der Waals surface area (Å²) in [6.07, 6.45) is 1.66. The van der Waals surface area contributed by atoms with Crippen molar-refractivity contribution in [2.45, 2.75) is 12.8 Å². The molecule has 0 spiro atoms. The maximum Gasteiger partial charge on any atom is 0.227 e. The van der Waals surface area contributed by atoms with E-state index in [0.29, 0.717) is 17.3 Å². The second kappa shape index (κ2) is 5.54. The molecule has 1 aromatic carbocycles. The molecule has 17 heavy (non-hydrogen) atoms. The van der Waals surface area contributed by atoms with E-state index in [2.05, 4.69) is 15.5 Å². The maximum absolute atomic E-state index is 13.0. The number of rotatable bonds is 5. The fourth-order valence-electron chi connectivity index (χ4n) is 1.52. The zero-order valence-corrected chi connectivity index (χ0v) is 9.61. The van der Waals surface area contributed by atoms with Crippen LogP contribution >= 0.6 is 0 Å². The van der Waals surface area contributed by atoms with Crippen molar-refractivity contribution in [3.8, 4) is 11.4 Å². The second-order valence-corrected chi connectivity index (χ2v) is 3.73. The second-order valence-electron chi connectivity index (χ2n) is 3.73. The highest BCUT2D eigenvalue weighted by molar-refractivity contribution is 5.53. The molecular formula is C12H14FN3O. The van der Waals surface area contributed by atoms with Gasteiger partial charge in [-0.2, -0.15) is 4.98 Å². The topological polar surface area (TPSA) is 51.0 Å². The standard InChI is InChI=1S/C12H14FN3O/c1-14-7-3-6-11-15-12(16-17-11)9-4-2-5-10(13)8-9/h2,4-5,8,14H,3,6-7H2,1H3. The molecule has 90 valence electrons. The molecule has 0 saturated carbocycles. The third kappa shape index (κ3) is 3.10. The Bertz CT molecular complexity index is 484. The monoisotopic (exact) mass is 235 g/mol. The molecule has 0 atom stereocenters. The van der Waals surface area contributed by atoms with E-state index < -0.39 is 0 Å². The molecule has 0 saturated heterocycles. The van der Waals surface area contributed by atoms with Gasteiger partial charge in [-0.25, -0.2) is 4.39 Å². The van der Waals surface area contributed by atoms with Gasteiger partial charge in [0.25, 0.3) is 0 Å². The van der Waals surface area contributed by atoms with Gasteiger partial charge in [-0.3, -0.25) is 0 Å². The van der Waals surface area contributed by atoms with Gasteiger partial charge in [0.1, 0.15) is 5.82 Å². The summed E-state index contributed by atoms with van der Waals surface area (Å²) < 4.78 is 18.1. The van der Waals surface area contributed by atoms with Crippen molar-refractivity contribution in [1.82, 2.24) is 15.5 Å². The number of nitrogens with one attached hydrogen (secondary N) is 1. The van der Waals surface area contributed by atoms with E-state index in [1.54, 1.807) is 12.1 Å². The number of aryl methyl sites for hydroxylation is 1. The first-order chi connectivity index (χ1) is 8.29. The zero-order valence-electron chi connectivity index (χ0n) is 9.61. The van der Waals surface area contributed by atoms with Crippen molar-refractivity contribution in [2.24, 2.45) is 0 Å². The molecule has 0 amide bonds. The molecule has 1 aromatic heterocycles. The molecule has 5 heteroatoms. The fraction of sp³-hybridized carbons (Fsp3) is 0.333. The van der Waals surface area contributed by atoms with E-state index in [0.717, 1.165) is 19.4 Å². The van der Waals surface area contributed by atoms with Gasteiger partial charge in [-0.15, -0.1) is 0 Å². The zero-order chi connectivity index (χ0) is 12.1. The Morgan fingerprint density at radius 3 is 3.06 bits per heavy atom. The van der Waals surface area contributed by atoms with Crippen molar-refractivity contribution in [3.05, 3.63) is 36.0 Å². The van der Waals surface area contributed by atoms with Crippen LogP contribution in [0.25, 0.3) is 11.4 Å². The first-order valence-electron chi connectivity index (χ1n) is 5.52. The van der Waals surface area contributed by atoms with Crippen molar-refractivity contribution < 1.29 is 8.91 Å². The molecule has 0 bridgehead atoms. The number of hydrogen-bond acceptors (Lipinski definition) is 4. The average molecular weight is 235 g/mol. The SMILES string of the molecule is CNCCCc1nc(-c2cccc(F)c2)no1. The Kier molecular flexibility index (Phi) is 3.82. The third-order valence-corrected chi connectivity index (χ3v) is 2.37. The molecule has 0 fully saturated rings. The molecule has 1 heterocycles. The quantitative estimate of drug-likeness (QED) is 0.806. The number of benzene rings is 1. The molecular weight excluding hydrogens is 221 g/mol. The number of hydrogen-bond donors (Lipinski definition) is 1. The smallest absolute Gasteiger partial charge is 0.227 e. The molecule has 2 rings (SSSR count). The van der Waals surface area contributed by atoms with Crippen LogP contribution in [0.2, 0.25) is 0 Å². The number of nitrogens with zero attached hydrogens (tertiary/aromatic N) is 2. The summed E-state index contributed by atoms with van der Waals surface area (Å²) in [5.41, 5.74) is 0.633. The fourth-order valence-corrected chi connectivity index (χ4v) is 1.52. The molecule has 0 aliphatic carbocycles. The van der Waals surface area contributed by atoms with Crippen LogP contribution in [-0.4, -0.2) is 23.7 Å². The average Bonchev–Trinajstić information content (AvgIpc) is 2.78. The summed E-state index contributed by atoms with van der Waals surface area (Å²) in [4.78, 5) is 4.22. The number of halogens is 1. The highest BCUT2D eigenvalue weighted by atomic mass is 19.1. The predicted molar refractivity (Wildman–Crippen MR) is 61.9 cm³/mol. The first-order valence-corrected chi connectivity index (χ1v) is 5.52. The minimum atomic E-state index is -0.302. The molecule has 0 radical (unpaired) electrons. The number of aromatic nitrogens is 2. The third-order valence-electron chi connectivity index (χ3n) is 2.37. The lowest BCUT2D eigenvalue weighted by atomic mass is 10.2. The summed E-state index contributed by atoms with van der Waals surface area (Å²) in [6, 6.07) is 6.16. The van der Waals surface area contributed by atoms with Crippen molar-refractivity contribution in [2.75, 3.05) is 13.6 Å². The van der Waals surface area contributed by atoms with Gasteiger partial charge in [0.15, 0.2) is 0 Å². The molecule has 0 unspecified atom stereocenters. The minimum absolute atomic E-state index is 0.302. The van der Waals surface area contributed by atoms with Crippen LogP contribution in [0.4, 0.5) is 4.39 Å². The van der Waals surface area contributed by atoms with E-state index in [1.807, 2.05) is 7.05 Å². The van der Waals surface area contributed by atoms with Crippen LogP contribution in [-0.2, 0) is 6.42 Å². The molecule has 1 N–H and O–H groups in total. The van der Waals surface area contributed by atoms with Crippen molar-refractivity contribution >= 4 is 0 Å². The molecule has 0 aliphatic rings. The van der Waals surface area contributed by atoms with Crippen molar-refractivity contribution in [3.63, 3.8) is 0 Å². The van der Waals surface area contributed by atoms with Gasteiger partial charge in [0.05, 0.1) is 0 Å². The van der Waals surface area contributed by atoms with E-state index >= 15 is 0 Å². The highest BCUT2D eigenvalue weighted by Crippen LogP contribution is 2.16. The molecule has 0 aliphatic heterocycles. The summed E-state index contributed by atoms with van der Waals surface area (Å²) in [6.45, 7) is 0.900. The Balaban J connectivity index is 2.07. The molecule has 4 nitrogen and oxygen atoms in total. The van der Waals surface area contributed by atoms with Crippen LogP contribution in [0.3, 0.4) is 0 Å². The first kappa shape index (κ1) is 11.7. The van der Waals surface area contributed by atoms with Crippen LogP contribution in [0.15, 0.2) is 28.8 Å². The van der Waals surface area contributed by atoms with Gasteiger partial charge in [0, 0.05) is 12.0 Å². The summed E-state index contributed by atoms with van der Waals surface area (Å²) >= 11 is 0. The highest BCUT2D eigenvalue weighted by Gasteiger charge is 2.08. The van der Waals surface area contributed by atoms with Crippen LogP contribution in [0, 0.1) is 5.82 Å². The summed E-state index contributed by atoms with van der Waals surface area (Å²) in [7, 11) is 1.89. The van der Waals surface area contributed by atoms with Gasteiger partial charge in [0.2, 0.25) is 11.7 Å². The summed E-state index contributed by atoms with van der Waals surface area (Å²) in [5.74, 6) is 0.715. The summed E-state index contributed by atoms with van der Waals surface area (Å²) in [5, 5.41) is 6.88. The Morgan fingerprint density at radius 1 is 1.41 bits per heavy atom. The van der Waals surface area contributed by atoms with Crippen LogP contribution in [0.5, 0.6) is 0 Å². The Morgan fingerprint density at radius 2 is 2.29 bits per heavy atom. The Hall–Kier alpha value is -1.75. The normalized spacial score (nSPS) is 10.7. The largest absolute Gasteiger partial charge is 0.339 e. The van der Waals surface area contributed by atoms with Gasteiger partial charge in [-0.1, -0.05) is 17.3 Å². The van der Waals surface area contributed by atoms with Gasteiger partial charge >= 0.3 is 0 Å². The van der Waals surface area contributed by atoms with E-state index in [4.69, 9.17) is 4.52 Å².